The Labute approximate surface area is 129 Å². The molecule has 0 atom stereocenters. The van der Waals surface area contributed by atoms with Gasteiger partial charge < -0.3 is 5.73 Å². The maximum atomic E-state index is 13.1. The van der Waals surface area contributed by atoms with Crippen molar-refractivity contribution in [3.05, 3.63) is 59.7 Å². The first kappa shape index (κ1) is 13.0. The van der Waals surface area contributed by atoms with Gasteiger partial charge in [-0.3, -0.25) is 4.40 Å². The van der Waals surface area contributed by atoms with Crippen molar-refractivity contribution in [3.8, 4) is 22.6 Å². The first-order chi connectivity index (χ1) is 10.7. The van der Waals surface area contributed by atoms with Gasteiger partial charge in [-0.1, -0.05) is 0 Å². The van der Waals surface area contributed by atoms with Crippen LogP contribution in [0.2, 0.25) is 0 Å². The van der Waals surface area contributed by atoms with E-state index in [4.69, 9.17) is 5.73 Å². The molecule has 0 radical (unpaired) electrons. The van der Waals surface area contributed by atoms with Gasteiger partial charge in [-0.25, -0.2) is 4.39 Å². The van der Waals surface area contributed by atoms with Crippen molar-refractivity contribution in [1.29, 1.82) is 0 Å². The van der Waals surface area contributed by atoms with Gasteiger partial charge >= 0.3 is 0 Å². The lowest BCUT2D eigenvalue weighted by Crippen LogP contribution is -1.92. The minimum absolute atomic E-state index is 0.252. The van der Waals surface area contributed by atoms with Crippen LogP contribution in [0.5, 0.6) is 0 Å². The van der Waals surface area contributed by atoms with Crippen LogP contribution in [-0.4, -0.2) is 14.6 Å². The Bertz CT molecular complexity index is 864. The molecule has 0 amide bonds. The zero-order chi connectivity index (χ0) is 15.1. The zero-order valence-electron chi connectivity index (χ0n) is 11.4. The number of thiazole rings is 1. The van der Waals surface area contributed by atoms with Gasteiger partial charge in [-0.05, 0) is 54.1 Å². The molecule has 0 bridgehead atoms. The normalized spacial score (nSPS) is 11.1. The Morgan fingerprint density at radius 1 is 0.909 bits per heavy atom. The molecule has 0 saturated heterocycles. The standard InChI is InChI=1S/C16H11FN4S/c17-12-5-1-10(2-6-12)14-9-22-16-20-19-15(21(14)16)11-3-7-13(18)8-4-11/h1-9H,18H2. The number of anilines is 1. The number of nitrogens with two attached hydrogens (primary N) is 1. The van der Waals surface area contributed by atoms with Crippen molar-refractivity contribution < 1.29 is 4.39 Å². The lowest BCUT2D eigenvalue weighted by molar-refractivity contribution is 0.628. The van der Waals surface area contributed by atoms with E-state index in [0.717, 1.165) is 27.6 Å². The van der Waals surface area contributed by atoms with Gasteiger partial charge in [0.15, 0.2) is 5.82 Å². The first-order valence-corrected chi connectivity index (χ1v) is 7.55. The molecule has 4 rings (SSSR count). The highest BCUT2D eigenvalue weighted by Gasteiger charge is 2.14. The van der Waals surface area contributed by atoms with Crippen LogP contribution in [-0.2, 0) is 0 Å². The highest BCUT2D eigenvalue weighted by atomic mass is 32.1. The lowest BCUT2D eigenvalue weighted by atomic mass is 10.1. The average Bonchev–Trinajstić information content (AvgIpc) is 3.11. The monoisotopic (exact) mass is 310 g/mol. The molecule has 0 aliphatic carbocycles. The first-order valence-electron chi connectivity index (χ1n) is 6.67. The van der Waals surface area contributed by atoms with E-state index in [1.807, 2.05) is 34.0 Å². The molecule has 2 N–H and O–H groups in total. The molecule has 4 aromatic rings. The Morgan fingerprint density at radius 3 is 2.32 bits per heavy atom. The molecule has 0 fully saturated rings. The molecule has 2 aromatic heterocycles. The quantitative estimate of drug-likeness (QED) is 0.572. The maximum Gasteiger partial charge on any atom is 0.216 e. The SMILES string of the molecule is Nc1ccc(-c2nnc3scc(-c4ccc(F)cc4)n23)cc1. The lowest BCUT2D eigenvalue weighted by Gasteiger charge is -2.04. The second-order valence-corrected chi connectivity index (χ2v) is 5.73. The number of nitrogens with zero attached hydrogens (tertiary/aromatic N) is 3. The summed E-state index contributed by atoms with van der Waals surface area (Å²) in [6.45, 7) is 0. The molecule has 0 unspecified atom stereocenters. The molecule has 22 heavy (non-hydrogen) atoms. The van der Waals surface area contributed by atoms with E-state index in [2.05, 4.69) is 10.2 Å². The second kappa shape index (κ2) is 4.92. The molecular weight excluding hydrogens is 299 g/mol. The maximum absolute atomic E-state index is 13.1. The number of benzene rings is 2. The molecule has 2 aromatic carbocycles. The van der Waals surface area contributed by atoms with Crippen LogP contribution in [0.1, 0.15) is 0 Å². The van der Waals surface area contributed by atoms with Crippen molar-refractivity contribution in [2.45, 2.75) is 0 Å². The summed E-state index contributed by atoms with van der Waals surface area (Å²) in [6.07, 6.45) is 0. The van der Waals surface area contributed by atoms with E-state index in [1.165, 1.54) is 23.5 Å². The summed E-state index contributed by atoms with van der Waals surface area (Å²) in [7, 11) is 0. The third-order valence-corrected chi connectivity index (χ3v) is 4.28. The summed E-state index contributed by atoms with van der Waals surface area (Å²) in [6, 6.07) is 13.9. The van der Waals surface area contributed by atoms with Gasteiger partial charge in [-0.2, -0.15) is 0 Å². The van der Waals surface area contributed by atoms with Crippen LogP contribution >= 0.6 is 11.3 Å². The van der Waals surface area contributed by atoms with Crippen LogP contribution in [0.4, 0.5) is 10.1 Å². The third-order valence-electron chi connectivity index (χ3n) is 3.46. The molecule has 108 valence electrons. The van der Waals surface area contributed by atoms with E-state index < -0.39 is 0 Å². The van der Waals surface area contributed by atoms with Crippen molar-refractivity contribution in [2.75, 3.05) is 5.73 Å². The molecule has 4 nitrogen and oxygen atoms in total. The predicted molar refractivity (Wildman–Crippen MR) is 86.1 cm³/mol. The number of nitrogen functional groups attached to an aromatic ring is 1. The predicted octanol–water partition coefficient (Wildman–Crippen LogP) is 3.85. The van der Waals surface area contributed by atoms with Gasteiger partial charge in [0, 0.05) is 16.6 Å². The molecule has 0 aliphatic heterocycles. The number of aromatic nitrogens is 3. The number of fused-ring (bicyclic) bond motifs is 1. The average molecular weight is 310 g/mol. The van der Waals surface area contributed by atoms with Crippen molar-refractivity contribution in [1.82, 2.24) is 14.6 Å². The molecule has 0 spiro atoms. The van der Waals surface area contributed by atoms with E-state index in [1.54, 1.807) is 12.1 Å². The largest absolute Gasteiger partial charge is 0.399 e. The van der Waals surface area contributed by atoms with E-state index in [0.29, 0.717) is 5.69 Å². The van der Waals surface area contributed by atoms with Crippen molar-refractivity contribution in [2.24, 2.45) is 0 Å². The second-order valence-electron chi connectivity index (χ2n) is 4.89. The molecule has 0 saturated carbocycles. The summed E-state index contributed by atoms with van der Waals surface area (Å²) in [5, 5.41) is 10.5. The summed E-state index contributed by atoms with van der Waals surface area (Å²) in [5.74, 6) is 0.494. The number of rotatable bonds is 2. The minimum Gasteiger partial charge on any atom is -0.399 e. The molecule has 2 heterocycles. The van der Waals surface area contributed by atoms with E-state index in [-0.39, 0.29) is 5.82 Å². The van der Waals surface area contributed by atoms with Gasteiger partial charge in [0.05, 0.1) is 5.69 Å². The number of hydrogen-bond acceptors (Lipinski definition) is 4. The Balaban J connectivity index is 1.92. The summed E-state index contributed by atoms with van der Waals surface area (Å²) >= 11 is 1.50. The highest BCUT2D eigenvalue weighted by Crippen LogP contribution is 2.30. The fraction of sp³-hybridized carbons (Fsp3) is 0. The molecule has 0 aliphatic rings. The molecule has 6 heteroatoms. The summed E-state index contributed by atoms with van der Waals surface area (Å²) < 4.78 is 15.1. The third kappa shape index (κ3) is 2.05. The van der Waals surface area contributed by atoms with Gasteiger partial charge in [-0.15, -0.1) is 21.5 Å². The Morgan fingerprint density at radius 2 is 1.59 bits per heavy atom. The minimum atomic E-state index is -0.252. The van der Waals surface area contributed by atoms with Crippen LogP contribution in [0.3, 0.4) is 0 Å². The molecular formula is C16H11FN4S. The van der Waals surface area contributed by atoms with Crippen LogP contribution in [0, 0.1) is 5.82 Å². The topological polar surface area (TPSA) is 56.2 Å². The van der Waals surface area contributed by atoms with Gasteiger partial charge in [0.2, 0.25) is 4.96 Å². The zero-order valence-corrected chi connectivity index (χ0v) is 12.2. The van der Waals surface area contributed by atoms with Crippen molar-refractivity contribution in [3.63, 3.8) is 0 Å². The number of halogens is 1. The highest BCUT2D eigenvalue weighted by molar-refractivity contribution is 7.15. The van der Waals surface area contributed by atoms with Crippen LogP contribution in [0.25, 0.3) is 27.6 Å². The van der Waals surface area contributed by atoms with E-state index >= 15 is 0 Å². The van der Waals surface area contributed by atoms with Crippen molar-refractivity contribution >= 4 is 22.0 Å². The Hall–Kier alpha value is -2.73. The van der Waals surface area contributed by atoms with Crippen LogP contribution in [0.15, 0.2) is 53.9 Å². The summed E-state index contributed by atoms with van der Waals surface area (Å²) in [5.41, 5.74) is 9.23. The fourth-order valence-electron chi connectivity index (χ4n) is 2.36. The smallest absolute Gasteiger partial charge is 0.216 e. The van der Waals surface area contributed by atoms with Gasteiger partial charge in [0.1, 0.15) is 5.82 Å². The number of hydrogen-bond donors (Lipinski definition) is 1. The fourth-order valence-corrected chi connectivity index (χ4v) is 3.20. The Kier molecular flexibility index (Phi) is 2.90. The summed E-state index contributed by atoms with van der Waals surface area (Å²) in [4.78, 5) is 0.797. The van der Waals surface area contributed by atoms with Crippen LogP contribution < -0.4 is 5.73 Å². The van der Waals surface area contributed by atoms with Gasteiger partial charge in [0.25, 0.3) is 0 Å². The van der Waals surface area contributed by atoms with E-state index in [9.17, 15) is 4.39 Å².